The van der Waals surface area contributed by atoms with E-state index in [1.807, 2.05) is 0 Å². The highest BCUT2D eigenvalue weighted by Crippen LogP contribution is 2.32. The molecule has 30 heavy (non-hydrogen) atoms. The Bertz CT molecular complexity index is 777. The quantitative estimate of drug-likeness (QED) is 0.607. The van der Waals surface area contributed by atoms with Gasteiger partial charge in [-0.1, -0.05) is 6.92 Å². The van der Waals surface area contributed by atoms with Crippen LogP contribution < -0.4 is 10.6 Å². The number of alkyl halides is 3. The highest BCUT2D eigenvalue weighted by molar-refractivity contribution is 5.94. The molecule has 4 nitrogen and oxygen atoms in total. The van der Waals surface area contributed by atoms with Crippen molar-refractivity contribution >= 4 is 5.91 Å². The van der Waals surface area contributed by atoms with Crippen LogP contribution in [0.3, 0.4) is 0 Å². The van der Waals surface area contributed by atoms with Gasteiger partial charge in [-0.25, -0.2) is 4.39 Å². The standard InChI is InChI=1S/C22H29F4N3O/c1-2-7-27-20(16-3-4-16)14-29-8-5-15(6-9-29)13-28-21(30)17-10-18(22(24,25)26)12-19(23)11-17/h10-12,15,27H,2-9,13-14H2,1H3,(H,28,30). The van der Waals surface area contributed by atoms with Crippen molar-refractivity contribution in [2.45, 2.75) is 45.2 Å². The lowest BCUT2D eigenvalue weighted by atomic mass is 9.96. The number of rotatable bonds is 8. The fraction of sp³-hybridized carbons (Fsp3) is 0.591. The lowest BCUT2D eigenvalue weighted by Gasteiger charge is -2.32. The SMILES string of the molecule is CCCNC(CN1CCC(CNC(=O)c2cc(F)cc(C(F)(F)F)c2)CC1)=C1CC1. The predicted molar refractivity (Wildman–Crippen MR) is 107 cm³/mol. The summed E-state index contributed by atoms with van der Waals surface area (Å²) >= 11 is 0. The number of nitrogens with one attached hydrogen (secondary N) is 2. The highest BCUT2D eigenvalue weighted by Gasteiger charge is 2.32. The van der Waals surface area contributed by atoms with E-state index in [0.29, 0.717) is 18.7 Å². The molecule has 1 heterocycles. The van der Waals surface area contributed by atoms with E-state index in [4.69, 9.17) is 0 Å². The van der Waals surface area contributed by atoms with Crippen LogP contribution in [0.15, 0.2) is 29.5 Å². The summed E-state index contributed by atoms with van der Waals surface area (Å²) in [6.45, 7) is 6.28. The van der Waals surface area contributed by atoms with Crippen molar-refractivity contribution in [3.63, 3.8) is 0 Å². The molecule has 2 N–H and O–H groups in total. The number of allylic oxidation sites excluding steroid dienone is 1. The molecule has 0 unspecified atom stereocenters. The van der Waals surface area contributed by atoms with Gasteiger partial charge in [-0.3, -0.25) is 9.69 Å². The zero-order valence-corrected chi connectivity index (χ0v) is 17.2. The first kappa shape index (κ1) is 22.6. The average Bonchev–Trinajstić information content (AvgIpc) is 3.54. The minimum atomic E-state index is -4.69. The van der Waals surface area contributed by atoms with Gasteiger partial charge in [0.25, 0.3) is 5.91 Å². The van der Waals surface area contributed by atoms with E-state index >= 15 is 0 Å². The molecule has 1 aliphatic carbocycles. The molecule has 0 aromatic heterocycles. The van der Waals surface area contributed by atoms with Crippen molar-refractivity contribution < 1.29 is 22.4 Å². The second-order valence-corrected chi connectivity index (χ2v) is 8.16. The molecule has 8 heteroatoms. The maximum atomic E-state index is 13.5. The minimum Gasteiger partial charge on any atom is -0.387 e. The van der Waals surface area contributed by atoms with E-state index < -0.39 is 23.5 Å². The number of amides is 1. The summed E-state index contributed by atoms with van der Waals surface area (Å²) in [7, 11) is 0. The molecule has 2 fully saturated rings. The third kappa shape index (κ3) is 6.45. The normalized spacial score (nSPS) is 17.7. The van der Waals surface area contributed by atoms with Crippen LogP contribution in [-0.4, -0.2) is 43.5 Å². The van der Waals surface area contributed by atoms with Crippen LogP contribution in [0, 0.1) is 11.7 Å². The van der Waals surface area contributed by atoms with E-state index in [1.54, 1.807) is 0 Å². The first-order valence-electron chi connectivity index (χ1n) is 10.6. The number of piperidine rings is 1. The molecule has 166 valence electrons. The summed E-state index contributed by atoms with van der Waals surface area (Å²) in [4.78, 5) is 14.6. The molecule has 0 radical (unpaired) electrons. The van der Waals surface area contributed by atoms with Gasteiger partial charge < -0.3 is 10.6 Å². The molecule has 1 amide bonds. The molecular formula is C22H29F4N3O. The summed E-state index contributed by atoms with van der Waals surface area (Å²) in [6.07, 6.45) is 0.593. The third-order valence-electron chi connectivity index (χ3n) is 5.64. The van der Waals surface area contributed by atoms with Gasteiger partial charge in [0.15, 0.2) is 0 Å². The van der Waals surface area contributed by atoms with E-state index in [9.17, 15) is 22.4 Å². The Balaban J connectivity index is 1.46. The van der Waals surface area contributed by atoms with Crippen molar-refractivity contribution in [3.05, 3.63) is 46.4 Å². The maximum absolute atomic E-state index is 13.5. The second kappa shape index (κ2) is 9.81. The van der Waals surface area contributed by atoms with E-state index in [0.717, 1.165) is 51.5 Å². The van der Waals surface area contributed by atoms with Gasteiger partial charge in [0.05, 0.1) is 5.56 Å². The second-order valence-electron chi connectivity index (χ2n) is 8.16. The van der Waals surface area contributed by atoms with Gasteiger partial charge in [0.1, 0.15) is 5.82 Å². The van der Waals surface area contributed by atoms with E-state index in [-0.39, 0.29) is 11.5 Å². The molecule has 0 atom stereocenters. The topological polar surface area (TPSA) is 44.4 Å². The van der Waals surface area contributed by atoms with Crippen molar-refractivity contribution in [2.24, 2.45) is 5.92 Å². The smallest absolute Gasteiger partial charge is 0.387 e. The van der Waals surface area contributed by atoms with Crippen LogP contribution in [0.1, 0.15) is 54.9 Å². The summed E-state index contributed by atoms with van der Waals surface area (Å²) < 4.78 is 52.0. The summed E-state index contributed by atoms with van der Waals surface area (Å²) in [5.41, 5.74) is 1.42. The Kier molecular flexibility index (Phi) is 7.39. The lowest BCUT2D eigenvalue weighted by Crippen LogP contribution is -2.40. The van der Waals surface area contributed by atoms with Crippen LogP contribution in [0.2, 0.25) is 0 Å². The maximum Gasteiger partial charge on any atom is 0.416 e. The molecule has 1 aliphatic heterocycles. The van der Waals surface area contributed by atoms with Crippen LogP contribution in [0.4, 0.5) is 17.6 Å². The number of hydrogen-bond acceptors (Lipinski definition) is 3. The number of carbonyl (C=O) groups excluding carboxylic acids is 1. The molecule has 1 saturated heterocycles. The predicted octanol–water partition coefficient (Wildman–Crippen LogP) is 4.33. The van der Waals surface area contributed by atoms with Crippen LogP contribution in [0.25, 0.3) is 0 Å². The van der Waals surface area contributed by atoms with Crippen molar-refractivity contribution in [1.29, 1.82) is 0 Å². The zero-order valence-electron chi connectivity index (χ0n) is 17.2. The van der Waals surface area contributed by atoms with Gasteiger partial charge >= 0.3 is 6.18 Å². The largest absolute Gasteiger partial charge is 0.416 e. The van der Waals surface area contributed by atoms with Gasteiger partial charge in [-0.05, 0) is 74.9 Å². The average molecular weight is 427 g/mol. The number of benzene rings is 1. The highest BCUT2D eigenvalue weighted by atomic mass is 19.4. The van der Waals surface area contributed by atoms with Gasteiger partial charge in [-0.15, -0.1) is 0 Å². The number of halogens is 4. The molecule has 0 bridgehead atoms. The number of nitrogens with zero attached hydrogens (tertiary/aromatic N) is 1. The molecule has 3 rings (SSSR count). The Labute approximate surface area is 174 Å². The van der Waals surface area contributed by atoms with Crippen molar-refractivity contribution in [2.75, 3.05) is 32.7 Å². The summed E-state index contributed by atoms with van der Waals surface area (Å²) in [5, 5.41) is 6.21. The van der Waals surface area contributed by atoms with E-state index in [2.05, 4.69) is 22.5 Å². The summed E-state index contributed by atoms with van der Waals surface area (Å²) in [5.74, 6) is -1.48. The number of likely N-dealkylation sites (tertiary alicyclic amines) is 1. The fourth-order valence-corrected chi connectivity index (χ4v) is 3.73. The lowest BCUT2D eigenvalue weighted by molar-refractivity contribution is -0.137. The minimum absolute atomic E-state index is 0.265. The Morgan fingerprint density at radius 1 is 1.13 bits per heavy atom. The third-order valence-corrected chi connectivity index (χ3v) is 5.64. The Hall–Kier alpha value is -2.09. The Morgan fingerprint density at radius 2 is 1.83 bits per heavy atom. The first-order valence-corrected chi connectivity index (χ1v) is 10.6. The van der Waals surface area contributed by atoms with Gasteiger partial charge in [0.2, 0.25) is 0 Å². The van der Waals surface area contributed by atoms with Crippen LogP contribution >= 0.6 is 0 Å². The molecule has 1 saturated carbocycles. The zero-order chi connectivity index (χ0) is 21.7. The molecule has 2 aliphatic rings. The molecule has 1 aromatic rings. The van der Waals surface area contributed by atoms with Crippen LogP contribution in [-0.2, 0) is 6.18 Å². The fourth-order valence-electron chi connectivity index (χ4n) is 3.73. The van der Waals surface area contributed by atoms with Crippen molar-refractivity contribution in [3.8, 4) is 0 Å². The van der Waals surface area contributed by atoms with Gasteiger partial charge in [-0.2, -0.15) is 13.2 Å². The molecule has 0 spiro atoms. The first-order chi connectivity index (χ1) is 14.3. The number of carbonyl (C=O) groups is 1. The molecular weight excluding hydrogens is 398 g/mol. The van der Waals surface area contributed by atoms with Crippen molar-refractivity contribution in [1.82, 2.24) is 15.5 Å². The van der Waals surface area contributed by atoms with E-state index in [1.165, 1.54) is 24.1 Å². The molecule has 1 aromatic carbocycles. The Morgan fingerprint density at radius 3 is 2.43 bits per heavy atom. The summed E-state index contributed by atoms with van der Waals surface area (Å²) in [6, 6.07) is 1.92. The number of hydrogen-bond donors (Lipinski definition) is 2. The monoisotopic (exact) mass is 427 g/mol. The van der Waals surface area contributed by atoms with Crippen LogP contribution in [0.5, 0.6) is 0 Å². The van der Waals surface area contributed by atoms with Gasteiger partial charge in [0, 0.05) is 30.9 Å².